The summed E-state index contributed by atoms with van der Waals surface area (Å²) < 4.78 is 5.13. The third-order valence-electron chi connectivity index (χ3n) is 3.64. The van der Waals surface area contributed by atoms with Crippen molar-refractivity contribution in [2.75, 3.05) is 0 Å². The first-order valence-corrected chi connectivity index (χ1v) is 5.63. The predicted molar refractivity (Wildman–Crippen MR) is 60.7 cm³/mol. The number of hydrogen-bond acceptors (Lipinski definition) is 4. The Hall–Kier alpha value is -1.33. The van der Waals surface area contributed by atoms with Gasteiger partial charge in [0.1, 0.15) is 12.0 Å². The van der Waals surface area contributed by atoms with E-state index in [-0.39, 0.29) is 23.1 Å². The minimum absolute atomic E-state index is 0.137. The summed E-state index contributed by atoms with van der Waals surface area (Å²) in [5.74, 6) is -0.390. The molecule has 94 valence electrons. The standard InChI is InChI=1S/C12H17NO4/c1-12(2)9(4-10(12)14)13-5-8-3-7(6-17-8)11(15)16/h3,6,9-10,13-14H,4-5H2,1-2H3,(H,15,16). The Morgan fingerprint density at radius 3 is 2.82 bits per heavy atom. The monoisotopic (exact) mass is 239 g/mol. The first-order chi connectivity index (χ1) is 7.91. The Labute approximate surface area is 99.4 Å². The van der Waals surface area contributed by atoms with Crippen LogP contribution in [0.1, 0.15) is 36.4 Å². The lowest BCUT2D eigenvalue weighted by atomic mass is 9.64. The van der Waals surface area contributed by atoms with Gasteiger partial charge in [0.15, 0.2) is 0 Å². The van der Waals surface area contributed by atoms with Gasteiger partial charge >= 0.3 is 5.97 Å². The van der Waals surface area contributed by atoms with Crippen molar-refractivity contribution in [2.45, 2.75) is 39.0 Å². The maximum atomic E-state index is 10.7. The van der Waals surface area contributed by atoms with Gasteiger partial charge in [0.2, 0.25) is 0 Å². The largest absolute Gasteiger partial charge is 0.478 e. The summed E-state index contributed by atoms with van der Waals surface area (Å²) >= 11 is 0. The molecule has 5 nitrogen and oxygen atoms in total. The van der Waals surface area contributed by atoms with Crippen molar-refractivity contribution >= 4 is 5.97 Å². The first-order valence-electron chi connectivity index (χ1n) is 5.63. The van der Waals surface area contributed by atoms with Gasteiger partial charge in [-0.05, 0) is 12.5 Å². The molecule has 0 amide bonds. The summed E-state index contributed by atoms with van der Waals surface area (Å²) in [7, 11) is 0. The maximum absolute atomic E-state index is 10.7. The average molecular weight is 239 g/mol. The number of carboxylic acid groups (broad SMARTS) is 1. The number of carbonyl (C=O) groups is 1. The van der Waals surface area contributed by atoms with Gasteiger partial charge in [0.05, 0.1) is 18.2 Å². The van der Waals surface area contributed by atoms with Crippen LogP contribution >= 0.6 is 0 Å². The van der Waals surface area contributed by atoms with Gasteiger partial charge in [-0.1, -0.05) is 13.8 Å². The van der Waals surface area contributed by atoms with Crippen LogP contribution in [0.25, 0.3) is 0 Å². The summed E-state index contributed by atoms with van der Waals surface area (Å²) in [6, 6.07) is 1.74. The number of nitrogens with one attached hydrogen (secondary N) is 1. The van der Waals surface area contributed by atoms with Gasteiger partial charge in [0.25, 0.3) is 0 Å². The summed E-state index contributed by atoms with van der Waals surface area (Å²) in [5, 5.41) is 21.6. The second-order valence-corrected chi connectivity index (χ2v) is 5.11. The zero-order valence-electron chi connectivity index (χ0n) is 9.93. The lowest BCUT2D eigenvalue weighted by molar-refractivity contribution is -0.0734. The first kappa shape index (κ1) is 12.1. The van der Waals surface area contributed by atoms with E-state index < -0.39 is 5.97 Å². The second-order valence-electron chi connectivity index (χ2n) is 5.11. The molecule has 2 rings (SSSR count). The van der Waals surface area contributed by atoms with Crippen LogP contribution in [0.3, 0.4) is 0 Å². The molecule has 1 aliphatic rings. The maximum Gasteiger partial charge on any atom is 0.338 e. The molecule has 1 fully saturated rings. The van der Waals surface area contributed by atoms with Crippen molar-refractivity contribution in [3.8, 4) is 0 Å². The lowest BCUT2D eigenvalue weighted by Crippen LogP contribution is -2.59. The van der Waals surface area contributed by atoms with E-state index in [0.29, 0.717) is 12.3 Å². The molecule has 1 aliphatic carbocycles. The fourth-order valence-corrected chi connectivity index (χ4v) is 2.06. The van der Waals surface area contributed by atoms with Crippen LogP contribution < -0.4 is 5.32 Å². The predicted octanol–water partition coefficient (Wildman–Crippen LogP) is 1.23. The Morgan fingerprint density at radius 1 is 1.65 bits per heavy atom. The topological polar surface area (TPSA) is 82.7 Å². The molecule has 1 heterocycles. The molecule has 1 aromatic rings. The van der Waals surface area contributed by atoms with E-state index in [1.807, 2.05) is 13.8 Å². The Morgan fingerprint density at radius 2 is 2.35 bits per heavy atom. The van der Waals surface area contributed by atoms with Crippen molar-refractivity contribution in [3.63, 3.8) is 0 Å². The third-order valence-corrected chi connectivity index (χ3v) is 3.64. The Balaban J connectivity index is 1.88. The molecule has 17 heavy (non-hydrogen) atoms. The van der Waals surface area contributed by atoms with E-state index in [0.717, 1.165) is 6.42 Å². The molecule has 0 aliphatic heterocycles. The van der Waals surface area contributed by atoms with E-state index in [1.54, 1.807) is 0 Å². The van der Waals surface area contributed by atoms with E-state index in [9.17, 15) is 9.90 Å². The van der Waals surface area contributed by atoms with E-state index in [2.05, 4.69) is 5.32 Å². The van der Waals surface area contributed by atoms with Crippen molar-refractivity contribution in [1.29, 1.82) is 0 Å². The van der Waals surface area contributed by atoms with Crippen LogP contribution in [0.15, 0.2) is 16.7 Å². The quantitative estimate of drug-likeness (QED) is 0.736. The number of aromatic carboxylic acids is 1. The van der Waals surface area contributed by atoms with Crippen LogP contribution in [0.4, 0.5) is 0 Å². The second kappa shape index (κ2) is 4.16. The zero-order chi connectivity index (χ0) is 12.6. The number of carboxylic acids is 1. The van der Waals surface area contributed by atoms with Gasteiger partial charge < -0.3 is 19.9 Å². The normalized spacial score (nSPS) is 26.5. The Bertz CT molecular complexity index is 424. The molecule has 1 aromatic heterocycles. The molecule has 0 bridgehead atoms. The number of rotatable bonds is 4. The molecule has 0 aromatic carbocycles. The number of aliphatic hydroxyl groups is 1. The number of hydrogen-bond donors (Lipinski definition) is 3. The highest BCUT2D eigenvalue weighted by molar-refractivity contribution is 5.87. The minimum Gasteiger partial charge on any atom is -0.478 e. The Kier molecular flexibility index (Phi) is 2.97. The average Bonchev–Trinajstić information content (AvgIpc) is 2.72. The van der Waals surface area contributed by atoms with Gasteiger partial charge in [0, 0.05) is 11.5 Å². The summed E-state index contributed by atoms with van der Waals surface area (Å²) in [6.07, 6.45) is 1.69. The van der Waals surface area contributed by atoms with E-state index >= 15 is 0 Å². The highest BCUT2D eigenvalue weighted by Gasteiger charge is 2.46. The highest BCUT2D eigenvalue weighted by Crippen LogP contribution is 2.40. The molecule has 2 unspecified atom stereocenters. The molecular weight excluding hydrogens is 222 g/mol. The van der Waals surface area contributed by atoms with Gasteiger partial charge in [-0.3, -0.25) is 0 Å². The fourth-order valence-electron chi connectivity index (χ4n) is 2.06. The number of furan rings is 1. The fraction of sp³-hybridized carbons (Fsp3) is 0.583. The molecule has 5 heteroatoms. The van der Waals surface area contributed by atoms with Crippen molar-refractivity contribution < 1.29 is 19.4 Å². The molecule has 0 saturated heterocycles. The van der Waals surface area contributed by atoms with E-state index in [1.165, 1.54) is 12.3 Å². The lowest BCUT2D eigenvalue weighted by Gasteiger charge is -2.49. The molecular formula is C12H17NO4. The van der Waals surface area contributed by atoms with Crippen LogP contribution in [-0.4, -0.2) is 28.3 Å². The molecule has 1 saturated carbocycles. The van der Waals surface area contributed by atoms with E-state index in [4.69, 9.17) is 9.52 Å². The smallest absolute Gasteiger partial charge is 0.338 e. The van der Waals surface area contributed by atoms with Gasteiger partial charge in [-0.15, -0.1) is 0 Å². The highest BCUT2D eigenvalue weighted by atomic mass is 16.4. The summed E-state index contributed by atoms with van der Waals surface area (Å²) in [6.45, 7) is 4.49. The minimum atomic E-state index is -0.987. The third kappa shape index (κ3) is 2.21. The molecule has 3 N–H and O–H groups in total. The van der Waals surface area contributed by atoms with Gasteiger partial charge in [-0.2, -0.15) is 0 Å². The summed E-state index contributed by atoms with van der Waals surface area (Å²) in [5.41, 5.74) is 0.0251. The van der Waals surface area contributed by atoms with Crippen molar-refractivity contribution in [1.82, 2.24) is 5.32 Å². The van der Waals surface area contributed by atoms with Crippen LogP contribution in [-0.2, 0) is 6.54 Å². The molecule has 0 radical (unpaired) electrons. The summed E-state index contributed by atoms with van der Waals surface area (Å²) in [4.78, 5) is 10.7. The zero-order valence-corrected chi connectivity index (χ0v) is 9.93. The van der Waals surface area contributed by atoms with Crippen LogP contribution in [0, 0.1) is 5.41 Å². The van der Waals surface area contributed by atoms with Gasteiger partial charge in [-0.25, -0.2) is 4.79 Å². The number of aliphatic hydroxyl groups excluding tert-OH is 1. The van der Waals surface area contributed by atoms with Crippen molar-refractivity contribution in [3.05, 3.63) is 23.7 Å². The van der Waals surface area contributed by atoms with Crippen LogP contribution in [0.5, 0.6) is 0 Å². The molecule has 0 spiro atoms. The van der Waals surface area contributed by atoms with Crippen LogP contribution in [0.2, 0.25) is 0 Å². The van der Waals surface area contributed by atoms with Crippen molar-refractivity contribution in [2.24, 2.45) is 5.41 Å². The molecule has 2 atom stereocenters. The SMILES string of the molecule is CC1(C)C(O)CC1NCc1cc(C(=O)O)co1.